The van der Waals surface area contributed by atoms with Gasteiger partial charge in [-0.2, -0.15) is 0 Å². The second-order valence-corrected chi connectivity index (χ2v) is 7.25. The van der Waals surface area contributed by atoms with Crippen LogP contribution in [-0.2, 0) is 4.74 Å². The van der Waals surface area contributed by atoms with E-state index >= 15 is 0 Å². The first-order valence-corrected chi connectivity index (χ1v) is 9.43. The number of hydrogen-bond acceptors (Lipinski definition) is 9. The van der Waals surface area contributed by atoms with Crippen LogP contribution in [0, 0.1) is 0 Å². The lowest BCUT2D eigenvalue weighted by Gasteiger charge is -2.27. The van der Waals surface area contributed by atoms with Crippen molar-refractivity contribution in [2.75, 3.05) is 62.3 Å². The number of anilines is 2. The van der Waals surface area contributed by atoms with Crippen molar-refractivity contribution in [3.8, 4) is 0 Å². The summed E-state index contributed by atoms with van der Waals surface area (Å²) in [6.45, 7) is 7.10. The molecule has 0 bridgehead atoms. The van der Waals surface area contributed by atoms with Crippen LogP contribution in [0.2, 0.25) is 0 Å². The van der Waals surface area contributed by atoms with Crippen molar-refractivity contribution in [3.63, 3.8) is 0 Å². The minimum atomic E-state index is 0.759. The average molecular weight is 357 g/mol. The molecule has 130 valence electrons. The van der Waals surface area contributed by atoms with Crippen molar-refractivity contribution in [1.29, 1.82) is 0 Å². The number of nitrogens with one attached hydrogen (secondary N) is 1. The maximum absolute atomic E-state index is 5.44. The monoisotopic (exact) mass is 357 g/mol. The highest BCUT2D eigenvalue weighted by Gasteiger charge is 2.20. The van der Waals surface area contributed by atoms with Crippen LogP contribution in [0.3, 0.4) is 0 Å². The summed E-state index contributed by atoms with van der Waals surface area (Å²) < 4.78 is 6.52. The molecule has 0 saturated carbocycles. The van der Waals surface area contributed by atoms with Gasteiger partial charge in [0.15, 0.2) is 5.82 Å². The Labute approximate surface area is 148 Å². The normalized spacial score (nSPS) is 19.0. The lowest BCUT2D eigenvalue weighted by atomic mass is 10.2. The molecule has 25 heavy (non-hydrogen) atoms. The third-order valence-electron chi connectivity index (χ3n) is 4.75. The van der Waals surface area contributed by atoms with Crippen LogP contribution in [0.1, 0.15) is 0 Å². The zero-order valence-electron chi connectivity index (χ0n) is 13.8. The smallest absolute Gasteiger partial charge is 0.172 e. The molecule has 8 nitrogen and oxygen atoms in total. The first kappa shape index (κ1) is 15.2. The molecule has 0 aromatic carbocycles. The van der Waals surface area contributed by atoms with Crippen LogP contribution in [0.25, 0.3) is 20.4 Å². The lowest BCUT2D eigenvalue weighted by Crippen LogP contribution is -2.44. The Bertz CT molecular complexity index is 902. The molecular weight excluding hydrogens is 338 g/mol. The molecular formula is C16H19N7OS. The molecule has 2 aliphatic rings. The summed E-state index contributed by atoms with van der Waals surface area (Å²) in [5.74, 6) is 1.94. The van der Waals surface area contributed by atoms with Crippen LogP contribution in [0.4, 0.5) is 11.6 Å². The van der Waals surface area contributed by atoms with Gasteiger partial charge in [0.25, 0.3) is 0 Å². The highest BCUT2D eigenvalue weighted by Crippen LogP contribution is 2.36. The summed E-state index contributed by atoms with van der Waals surface area (Å²) in [4.78, 5) is 10.4. The Morgan fingerprint density at radius 1 is 1.00 bits per heavy atom. The van der Waals surface area contributed by atoms with Gasteiger partial charge in [-0.3, -0.25) is 0 Å². The summed E-state index contributed by atoms with van der Waals surface area (Å²) in [5.41, 5.74) is 0.907. The second-order valence-electron chi connectivity index (χ2n) is 6.25. The molecule has 2 aliphatic heterocycles. The van der Waals surface area contributed by atoms with Crippen molar-refractivity contribution in [1.82, 2.24) is 25.7 Å². The first-order chi connectivity index (χ1) is 12.4. The van der Waals surface area contributed by atoms with E-state index in [1.807, 2.05) is 0 Å². The fourth-order valence-electron chi connectivity index (χ4n) is 3.41. The molecule has 3 aromatic rings. The van der Waals surface area contributed by atoms with Gasteiger partial charge < -0.3 is 19.9 Å². The van der Waals surface area contributed by atoms with Crippen molar-refractivity contribution >= 4 is 43.4 Å². The molecule has 0 aliphatic carbocycles. The van der Waals surface area contributed by atoms with Gasteiger partial charge in [0, 0.05) is 44.7 Å². The first-order valence-electron chi connectivity index (χ1n) is 8.61. The summed E-state index contributed by atoms with van der Waals surface area (Å²) >= 11 is 1.66. The number of nitrogens with zero attached hydrogens (tertiary/aromatic N) is 6. The summed E-state index contributed by atoms with van der Waals surface area (Å²) in [7, 11) is 0. The van der Waals surface area contributed by atoms with Crippen LogP contribution < -0.4 is 15.1 Å². The number of hydrogen-bond donors (Lipinski definition) is 1. The van der Waals surface area contributed by atoms with Crippen molar-refractivity contribution in [2.45, 2.75) is 0 Å². The van der Waals surface area contributed by atoms with Gasteiger partial charge in [-0.25, -0.2) is 4.98 Å². The fourth-order valence-corrected chi connectivity index (χ4v) is 4.53. The Morgan fingerprint density at radius 3 is 2.68 bits per heavy atom. The van der Waals surface area contributed by atoms with Gasteiger partial charge in [0.1, 0.15) is 20.9 Å². The van der Waals surface area contributed by atoms with Gasteiger partial charge in [-0.1, -0.05) is 0 Å². The van der Waals surface area contributed by atoms with Gasteiger partial charge >= 0.3 is 0 Å². The molecule has 0 radical (unpaired) electrons. The van der Waals surface area contributed by atoms with Crippen molar-refractivity contribution in [3.05, 3.63) is 12.1 Å². The number of ether oxygens (including phenoxy) is 1. The molecule has 5 heterocycles. The summed E-state index contributed by atoms with van der Waals surface area (Å²) in [6.07, 6.45) is 0. The van der Waals surface area contributed by atoms with Crippen LogP contribution in [-0.4, -0.2) is 72.9 Å². The standard InChI is InChI=1S/C16H19N7OS/c1-2-12(22-7-9-24-10-8-22)18-16-11(1)13-14(25-16)15(20-21-19-13)23-5-3-17-4-6-23/h1-2,17H,3-10H2. The Morgan fingerprint density at radius 2 is 1.84 bits per heavy atom. The van der Waals surface area contributed by atoms with E-state index in [0.717, 1.165) is 84.6 Å². The third-order valence-corrected chi connectivity index (χ3v) is 5.84. The highest BCUT2D eigenvalue weighted by molar-refractivity contribution is 7.25. The van der Waals surface area contributed by atoms with Crippen LogP contribution >= 0.6 is 11.3 Å². The molecule has 0 amide bonds. The largest absolute Gasteiger partial charge is 0.378 e. The zero-order valence-corrected chi connectivity index (χ0v) is 14.6. The zero-order chi connectivity index (χ0) is 16.6. The van der Waals surface area contributed by atoms with E-state index in [2.05, 4.69) is 42.7 Å². The molecule has 3 aromatic heterocycles. The van der Waals surface area contributed by atoms with Gasteiger partial charge in [0.2, 0.25) is 0 Å². The number of morpholine rings is 1. The van der Waals surface area contributed by atoms with E-state index in [9.17, 15) is 0 Å². The second kappa shape index (κ2) is 6.32. The van der Waals surface area contributed by atoms with Crippen molar-refractivity contribution < 1.29 is 4.74 Å². The van der Waals surface area contributed by atoms with Gasteiger partial charge in [-0.15, -0.1) is 21.5 Å². The predicted molar refractivity (Wildman–Crippen MR) is 98.6 cm³/mol. The Balaban J connectivity index is 1.59. The molecule has 0 atom stereocenters. The minimum absolute atomic E-state index is 0.759. The molecule has 0 unspecified atom stereocenters. The number of thiophene rings is 1. The SMILES string of the molecule is c1cc2c(nc1N1CCOCC1)sc1c(N3CCNCC3)nnnc12. The number of pyridine rings is 1. The van der Waals surface area contributed by atoms with Crippen LogP contribution in [0.15, 0.2) is 12.1 Å². The van der Waals surface area contributed by atoms with E-state index < -0.39 is 0 Å². The molecule has 0 spiro atoms. The Kier molecular flexibility index (Phi) is 3.84. The van der Waals surface area contributed by atoms with E-state index in [0.29, 0.717) is 0 Å². The molecule has 2 saturated heterocycles. The topological polar surface area (TPSA) is 79.3 Å². The van der Waals surface area contributed by atoms with Gasteiger partial charge in [0.05, 0.1) is 13.2 Å². The predicted octanol–water partition coefficient (Wildman–Crippen LogP) is 0.881. The average Bonchev–Trinajstić information content (AvgIpc) is 3.07. The minimum Gasteiger partial charge on any atom is -0.378 e. The van der Waals surface area contributed by atoms with Gasteiger partial charge in [-0.05, 0) is 17.3 Å². The fraction of sp³-hybridized carbons (Fsp3) is 0.500. The quantitative estimate of drug-likeness (QED) is 0.724. The molecule has 1 N–H and O–H groups in total. The summed E-state index contributed by atoms with van der Waals surface area (Å²) in [5, 5.41) is 17.1. The highest BCUT2D eigenvalue weighted by atomic mass is 32.1. The number of rotatable bonds is 2. The lowest BCUT2D eigenvalue weighted by molar-refractivity contribution is 0.122. The number of piperazine rings is 1. The molecule has 9 heteroatoms. The van der Waals surface area contributed by atoms with E-state index in [1.54, 1.807) is 11.3 Å². The van der Waals surface area contributed by atoms with E-state index in [4.69, 9.17) is 9.72 Å². The number of aromatic nitrogens is 4. The van der Waals surface area contributed by atoms with Crippen LogP contribution in [0.5, 0.6) is 0 Å². The third kappa shape index (κ3) is 2.68. The van der Waals surface area contributed by atoms with E-state index in [1.165, 1.54) is 0 Å². The number of fused-ring (bicyclic) bond motifs is 3. The Hall–Kier alpha value is -2.10. The summed E-state index contributed by atoms with van der Waals surface area (Å²) in [6, 6.07) is 4.19. The maximum Gasteiger partial charge on any atom is 0.172 e. The van der Waals surface area contributed by atoms with E-state index in [-0.39, 0.29) is 0 Å². The maximum atomic E-state index is 5.44. The molecule has 5 rings (SSSR count). The molecule has 2 fully saturated rings. The van der Waals surface area contributed by atoms with Crippen molar-refractivity contribution in [2.24, 2.45) is 0 Å².